The summed E-state index contributed by atoms with van der Waals surface area (Å²) < 4.78 is 19.5. The Bertz CT molecular complexity index is 333. The zero-order valence-corrected chi connectivity index (χ0v) is 12.3. The van der Waals surface area contributed by atoms with E-state index in [0.717, 1.165) is 12.1 Å². The molecule has 0 atom stereocenters. The van der Waals surface area contributed by atoms with E-state index in [-0.39, 0.29) is 5.82 Å². The molecule has 0 unspecified atom stereocenters. The van der Waals surface area contributed by atoms with Gasteiger partial charge in [0.1, 0.15) is 0 Å². The van der Waals surface area contributed by atoms with Crippen molar-refractivity contribution >= 4 is 22.6 Å². The van der Waals surface area contributed by atoms with Gasteiger partial charge in [0.15, 0.2) is 11.6 Å². The highest BCUT2D eigenvalue weighted by atomic mass is 127. The van der Waals surface area contributed by atoms with Crippen LogP contribution in [-0.2, 0) is 6.54 Å². The lowest BCUT2D eigenvalue weighted by molar-refractivity contribution is 0.386. The van der Waals surface area contributed by atoms with Crippen LogP contribution in [0.4, 0.5) is 4.39 Å². The highest BCUT2D eigenvalue weighted by molar-refractivity contribution is 14.1. The maximum atomic E-state index is 13.4. The fourth-order valence-corrected chi connectivity index (χ4v) is 2.11. The number of nitrogens with one attached hydrogen (secondary N) is 1. The lowest BCUT2D eigenvalue weighted by Crippen LogP contribution is -2.14. The molecule has 0 saturated heterocycles. The summed E-state index contributed by atoms with van der Waals surface area (Å²) in [5.74, 6) is 0.00695. The average Bonchev–Trinajstić information content (AvgIpc) is 2.34. The third kappa shape index (κ3) is 5.68. The number of unbranched alkanes of at least 4 members (excludes halogenated alkanes) is 2. The molecule has 0 aliphatic carbocycles. The molecule has 1 aromatic carbocycles. The zero-order chi connectivity index (χ0) is 12.5. The molecule has 1 aromatic rings. The van der Waals surface area contributed by atoms with Gasteiger partial charge >= 0.3 is 0 Å². The molecule has 2 nitrogen and oxygen atoms in total. The van der Waals surface area contributed by atoms with E-state index >= 15 is 0 Å². The largest absolute Gasteiger partial charge is 0.494 e. The molecular weight excluding hydrogens is 332 g/mol. The second-order valence-corrected chi connectivity index (χ2v) is 4.97. The molecule has 0 aliphatic heterocycles. The van der Waals surface area contributed by atoms with Gasteiger partial charge in [0, 0.05) is 6.54 Å². The molecule has 4 heteroatoms. The third-order valence-electron chi connectivity index (χ3n) is 2.53. The summed E-state index contributed by atoms with van der Waals surface area (Å²) in [4.78, 5) is 0. The maximum Gasteiger partial charge on any atom is 0.165 e. The number of hydrogen-bond donors (Lipinski definition) is 1. The van der Waals surface area contributed by atoms with Crippen LogP contribution in [0.5, 0.6) is 5.75 Å². The SMILES string of the molecule is COc1ccc(CNCCCCCI)cc1F. The van der Waals surface area contributed by atoms with Gasteiger partial charge in [0.05, 0.1) is 7.11 Å². The van der Waals surface area contributed by atoms with Crippen LogP contribution < -0.4 is 10.1 Å². The van der Waals surface area contributed by atoms with Crippen molar-refractivity contribution in [1.82, 2.24) is 5.32 Å². The number of hydrogen-bond acceptors (Lipinski definition) is 2. The first-order chi connectivity index (χ1) is 8.27. The van der Waals surface area contributed by atoms with Crippen molar-refractivity contribution < 1.29 is 9.13 Å². The second kappa shape index (κ2) is 8.69. The molecule has 0 aliphatic rings. The van der Waals surface area contributed by atoms with Gasteiger partial charge in [-0.05, 0) is 41.5 Å². The molecule has 0 saturated carbocycles. The van der Waals surface area contributed by atoms with Crippen LogP contribution in [-0.4, -0.2) is 18.1 Å². The lowest BCUT2D eigenvalue weighted by atomic mass is 10.2. The molecule has 17 heavy (non-hydrogen) atoms. The van der Waals surface area contributed by atoms with E-state index in [9.17, 15) is 4.39 Å². The minimum absolute atomic E-state index is 0.295. The minimum Gasteiger partial charge on any atom is -0.494 e. The number of ether oxygens (including phenoxy) is 1. The van der Waals surface area contributed by atoms with Crippen LogP contribution in [0, 0.1) is 5.82 Å². The second-order valence-electron chi connectivity index (χ2n) is 3.90. The van der Waals surface area contributed by atoms with Crippen LogP contribution >= 0.6 is 22.6 Å². The molecule has 1 N–H and O–H groups in total. The lowest BCUT2D eigenvalue weighted by Gasteiger charge is -2.06. The Balaban J connectivity index is 2.25. The Labute approximate surface area is 116 Å². The number of methoxy groups -OCH3 is 1. The predicted molar refractivity (Wildman–Crippen MR) is 77.4 cm³/mol. The minimum atomic E-state index is -0.295. The van der Waals surface area contributed by atoms with E-state index < -0.39 is 0 Å². The molecule has 0 fully saturated rings. The molecule has 0 amide bonds. The van der Waals surface area contributed by atoms with Gasteiger partial charge in [0.2, 0.25) is 0 Å². The Morgan fingerprint density at radius 2 is 2.12 bits per heavy atom. The fourth-order valence-electron chi connectivity index (χ4n) is 1.57. The van der Waals surface area contributed by atoms with E-state index in [4.69, 9.17) is 4.74 Å². The number of benzene rings is 1. The summed E-state index contributed by atoms with van der Waals surface area (Å²) in [7, 11) is 1.48. The van der Waals surface area contributed by atoms with Crippen molar-refractivity contribution in [3.8, 4) is 5.75 Å². The fraction of sp³-hybridized carbons (Fsp3) is 0.538. The summed E-state index contributed by atoms with van der Waals surface area (Å²) >= 11 is 2.39. The Morgan fingerprint density at radius 3 is 2.76 bits per heavy atom. The molecule has 0 radical (unpaired) electrons. The third-order valence-corrected chi connectivity index (χ3v) is 3.30. The Morgan fingerprint density at radius 1 is 1.29 bits per heavy atom. The van der Waals surface area contributed by atoms with Crippen molar-refractivity contribution in [3.63, 3.8) is 0 Å². The van der Waals surface area contributed by atoms with Gasteiger partial charge in [-0.15, -0.1) is 0 Å². The van der Waals surface area contributed by atoms with Gasteiger partial charge < -0.3 is 10.1 Å². The quantitative estimate of drug-likeness (QED) is 0.440. The van der Waals surface area contributed by atoms with Crippen LogP contribution in [0.2, 0.25) is 0 Å². The molecular formula is C13H19FINO. The molecule has 1 rings (SSSR count). The maximum absolute atomic E-state index is 13.4. The van der Waals surface area contributed by atoms with Crippen LogP contribution in [0.3, 0.4) is 0 Å². The first-order valence-electron chi connectivity index (χ1n) is 5.87. The summed E-state index contributed by atoms with van der Waals surface area (Å²) in [6.45, 7) is 1.70. The predicted octanol–water partition coefficient (Wildman–Crippen LogP) is 3.53. The first kappa shape index (κ1) is 14.7. The van der Waals surface area contributed by atoms with Crippen molar-refractivity contribution in [2.24, 2.45) is 0 Å². The van der Waals surface area contributed by atoms with E-state index in [1.165, 1.54) is 36.9 Å². The van der Waals surface area contributed by atoms with E-state index in [1.807, 2.05) is 6.07 Å². The van der Waals surface area contributed by atoms with E-state index in [1.54, 1.807) is 6.07 Å². The normalized spacial score (nSPS) is 10.5. The van der Waals surface area contributed by atoms with Gasteiger partial charge in [-0.25, -0.2) is 4.39 Å². The summed E-state index contributed by atoms with van der Waals surface area (Å²) in [6, 6.07) is 5.08. The summed E-state index contributed by atoms with van der Waals surface area (Å²) in [6.07, 6.45) is 3.72. The average molecular weight is 351 g/mol. The zero-order valence-electron chi connectivity index (χ0n) is 10.1. The molecule has 0 heterocycles. The Hall–Kier alpha value is -0.360. The van der Waals surface area contributed by atoms with Crippen molar-refractivity contribution in [1.29, 1.82) is 0 Å². The van der Waals surface area contributed by atoms with Gasteiger partial charge in [-0.1, -0.05) is 35.1 Å². The topological polar surface area (TPSA) is 21.3 Å². The van der Waals surface area contributed by atoms with E-state index in [2.05, 4.69) is 27.9 Å². The van der Waals surface area contributed by atoms with Crippen LogP contribution in [0.15, 0.2) is 18.2 Å². The molecule has 0 spiro atoms. The van der Waals surface area contributed by atoms with Crippen molar-refractivity contribution in [3.05, 3.63) is 29.6 Å². The standard InChI is InChI=1S/C13H19FINO/c1-17-13-6-5-11(9-12(13)14)10-16-8-4-2-3-7-15/h5-6,9,16H,2-4,7-8,10H2,1H3. The number of halogens is 2. The smallest absolute Gasteiger partial charge is 0.165 e. The summed E-state index contributed by atoms with van der Waals surface area (Å²) in [5.41, 5.74) is 0.956. The molecule has 96 valence electrons. The van der Waals surface area contributed by atoms with Crippen LogP contribution in [0.25, 0.3) is 0 Å². The monoisotopic (exact) mass is 351 g/mol. The van der Waals surface area contributed by atoms with Gasteiger partial charge in [0.25, 0.3) is 0 Å². The Kier molecular flexibility index (Phi) is 7.51. The first-order valence-corrected chi connectivity index (χ1v) is 7.39. The highest BCUT2D eigenvalue weighted by Crippen LogP contribution is 2.17. The number of alkyl halides is 1. The van der Waals surface area contributed by atoms with Gasteiger partial charge in [-0.2, -0.15) is 0 Å². The van der Waals surface area contributed by atoms with E-state index in [0.29, 0.717) is 12.3 Å². The molecule has 0 bridgehead atoms. The highest BCUT2D eigenvalue weighted by Gasteiger charge is 2.02. The van der Waals surface area contributed by atoms with Crippen molar-refractivity contribution in [2.45, 2.75) is 25.8 Å². The van der Waals surface area contributed by atoms with Crippen molar-refractivity contribution in [2.75, 3.05) is 18.1 Å². The summed E-state index contributed by atoms with van der Waals surface area (Å²) in [5, 5.41) is 3.32. The number of rotatable bonds is 8. The van der Waals surface area contributed by atoms with Gasteiger partial charge in [-0.3, -0.25) is 0 Å². The van der Waals surface area contributed by atoms with Crippen LogP contribution in [0.1, 0.15) is 24.8 Å². The molecule has 0 aromatic heterocycles.